The lowest BCUT2D eigenvalue weighted by atomic mass is 10.1. The summed E-state index contributed by atoms with van der Waals surface area (Å²) in [5, 5.41) is 5.24. The summed E-state index contributed by atoms with van der Waals surface area (Å²) in [5.74, 6) is 1.49. The van der Waals surface area contributed by atoms with Gasteiger partial charge in [0.1, 0.15) is 18.1 Å². The second kappa shape index (κ2) is 9.94. The molecule has 0 atom stereocenters. The van der Waals surface area contributed by atoms with Gasteiger partial charge in [-0.2, -0.15) is 0 Å². The van der Waals surface area contributed by atoms with Crippen molar-refractivity contribution in [3.8, 4) is 5.75 Å². The molecule has 0 N–H and O–H groups in total. The Morgan fingerprint density at radius 3 is 2.41 bits per heavy atom. The first kappa shape index (κ1) is 22.6. The second-order valence-electron chi connectivity index (χ2n) is 7.92. The predicted octanol–water partition coefficient (Wildman–Crippen LogP) is 5.14. The van der Waals surface area contributed by atoms with Crippen LogP contribution in [-0.4, -0.2) is 47.0 Å². The molecule has 0 radical (unpaired) electrons. The van der Waals surface area contributed by atoms with E-state index in [1.807, 2.05) is 55.1 Å². The van der Waals surface area contributed by atoms with Crippen molar-refractivity contribution in [1.29, 1.82) is 0 Å². The molecule has 1 aliphatic rings. The van der Waals surface area contributed by atoms with Gasteiger partial charge in [0.05, 0.1) is 11.3 Å². The molecule has 1 saturated heterocycles. The number of carbonyl (C=O) groups excluding carboxylic acids is 1. The van der Waals surface area contributed by atoms with Crippen LogP contribution in [0.25, 0.3) is 0 Å². The summed E-state index contributed by atoms with van der Waals surface area (Å²) in [6, 6.07) is 12.8. The standard InChI is InChI=1S/C24H25Cl2N3O3/c1-16-22(17(2)32-27-16)15-31-21-7-4-18(5-8-21)24(30)29-11-9-28(10-12-29)14-19-3-6-20(25)13-23(19)26/h3-8,13H,9-12,14-15H2,1-2H3. The number of nitrogens with zero attached hydrogens (tertiary/aromatic N) is 3. The molecule has 0 unspecified atom stereocenters. The summed E-state index contributed by atoms with van der Waals surface area (Å²) >= 11 is 12.3. The zero-order chi connectivity index (χ0) is 22.7. The maximum absolute atomic E-state index is 12.9. The molecule has 1 aromatic heterocycles. The van der Waals surface area contributed by atoms with E-state index in [2.05, 4.69) is 10.1 Å². The number of hydrogen-bond acceptors (Lipinski definition) is 5. The lowest BCUT2D eigenvalue weighted by molar-refractivity contribution is 0.0628. The normalized spacial score (nSPS) is 14.6. The molecule has 0 spiro atoms. The van der Waals surface area contributed by atoms with Gasteiger partial charge in [-0.3, -0.25) is 9.69 Å². The van der Waals surface area contributed by atoms with Crippen molar-refractivity contribution in [2.75, 3.05) is 26.2 Å². The summed E-state index contributed by atoms with van der Waals surface area (Å²) < 4.78 is 11.0. The predicted molar refractivity (Wildman–Crippen MR) is 124 cm³/mol. The average molecular weight is 474 g/mol. The number of rotatable bonds is 6. The fourth-order valence-corrected chi connectivity index (χ4v) is 4.21. The Morgan fingerprint density at radius 1 is 1.06 bits per heavy atom. The quantitative estimate of drug-likeness (QED) is 0.496. The van der Waals surface area contributed by atoms with Gasteiger partial charge in [-0.05, 0) is 55.8 Å². The lowest BCUT2D eigenvalue weighted by Gasteiger charge is -2.35. The zero-order valence-corrected chi connectivity index (χ0v) is 19.6. The highest BCUT2D eigenvalue weighted by Gasteiger charge is 2.22. The van der Waals surface area contributed by atoms with E-state index in [4.69, 9.17) is 32.5 Å². The van der Waals surface area contributed by atoms with E-state index in [1.165, 1.54) is 0 Å². The molecule has 3 aromatic rings. The van der Waals surface area contributed by atoms with Gasteiger partial charge in [-0.25, -0.2) is 0 Å². The Bertz CT molecular complexity index is 1070. The molecule has 0 saturated carbocycles. The summed E-state index contributed by atoms with van der Waals surface area (Å²) in [6.45, 7) is 7.82. The number of benzene rings is 2. The van der Waals surface area contributed by atoms with Crippen LogP contribution in [0.5, 0.6) is 5.75 Å². The lowest BCUT2D eigenvalue weighted by Crippen LogP contribution is -2.48. The monoisotopic (exact) mass is 473 g/mol. The highest BCUT2D eigenvalue weighted by atomic mass is 35.5. The van der Waals surface area contributed by atoms with Crippen LogP contribution < -0.4 is 4.74 Å². The molecule has 1 fully saturated rings. The van der Waals surface area contributed by atoms with Gasteiger partial charge in [0.25, 0.3) is 5.91 Å². The molecule has 1 amide bonds. The van der Waals surface area contributed by atoms with E-state index in [0.29, 0.717) is 41.1 Å². The number of amides is 1. The van der Waals surface area contributed by atoms with Crippen molar-refractivity contribution in [1.82, 2.24) is 15.0 Å². The number of hydrogen-bond donors (Lipinski definition) is 0. The van der Waals surface area contributed by atoms with Crippen LogP contribution in [0.1, 0.15) is 32.9 Å². The molecule has 4 rings (SSSR count). The summed E-state index contributed by atoms with van der Waals surface area (Å²) in [4.78, 5) is 17.1. The van der Waals surface area contributed by atoms with Crippen LogP contribution in [0.3, 0.4) is 0 Å². The van der Waals surface area contributed by atoms with Crippen molar-refractivity contribution in [2.45, 2.75) is 27.0 Å². The van der Waals surface area contributed by atoms with Gasteiger partial charge >= 0.3 is 0 Å². The van der Waals surface area contributed by atoms with E-state index >= 15 is 0 Å². The van der Waals surface area contributed by atoms with Crippen molar-refractivity contribution in [2.24, 2.45) is 0 Å². The minimum atomic E-state index is 0.0337. The Labute approximate surface area is 197 Å². The molecule has 8 heteroatoms. The van der Waals surface area contributed by atoms with E-state index < -0.39 is 0 Å². The van der Waals surface area contributed by atoms with Crippen LogP contribution in [0.4, 0.5) is 0 Å². The molecular weight excluding hydrogens is 449 g/mol. The highest BCUT2D eigenvalue weighted by molar-refractivity contribution is 6.35. The fourth-order valence-electron chi connectivity index (χ4n) is 3.74. The molecular formula is C24H25Cl2N3O3. The first-order chi connectivity index (χ1) is 15.4. The van der Waals surface area contributed by atoms with Crippen LogP contribution in [0.15, 0.2) is 47.0 Å². The first-order valence-corrected chi connectivity index (χ1v) is 11.3. The molecule has 32 heavy (non-hydrogen) atoms. The number of piperazine rings is 1. The minimum Gasteiger partial charge on any atom is -0.489 e. The maximum Gasteiger partial charge on any atom is 0.253 e. The smallest absolute Gasteiger partial charge is 0.253 e. The van der Waals surface area contributed by atoms with Crippen LogP contribution in [-0.2, 0) is 13.2 Å². The van der Waals surface area contributed by atoms with Crippen LogP contribution >= 0.6 is 23.2 Å². The molecule has 168 valence electrons. The Morgan fingerprint density at radius 2 is 1.78 bits per heavy atom. The number of carbonyl (C=O) groups is 1. The second-order valence-corrected chi connectivity index (χ2v) is 8.76. The number of aryl methyl sites for hydroxylation is 2. The Hall–Kier alpha value is -2.54. The van der Waals surface area contributed by atoms with Crippen molar-refractivity contribution in [3.63, 3.8) is 0 Å². The number of aromatic nitrogens is 1. The SMILES string of the molecule is Cc1noc(C)c1COc1ccc(C(=O)N2CCN(Cc3ccc(Cl)cc3Cl)CC2)cc1. The molecule has 0 bridgehead atoms. The summed E-state index contributed by atoms with van der Waals surface area (Å²) in [5.41, 5.74) is 3.47. The van der Waals surface area contributed by atoms with E-state index in [-0.39, 0.29) is 5.91 Å². The molecule has 0 aliphatic carbocycles. The molecule has 2 heterocycles. The number of ether oxygens (including phenoxy) is 1. The summed E-state index contributed by atoms with van der Waals surface area (Å²) in [7, 11) is 0. The highest BCUT2D eigenvalue weighted by Crippen LogP contribution is 2.23. The number of halogens is 2. The third-order valence-corrected chi connectivity index (χ3v) is 6.32. The Balaban J connectivity index is 1.29. The fraction of sp³-hybridized carbons (Fsp3) is 0.333. The third-order valence-electron chi connectivity index (χ3n) is 5.73. The average Bonchev–Trinajstić information content (AvgIpc) is 3.12. The maximum atomic E-state index is 12.9. The zero-order valence-electron chi connectivity index (χ0n) is 18.1. The van der Waals surface area contributed by atoms with Crippen LogP contribution in [0.2, 0.25) is 10.0 Å². The van der Waals surface area contributed by atoms with Gasteiger partial charge in [-0.15, -0.1) is 0 Å². The van der Waals surface area contributed by atoms with E-state index in [9.17, 15) is 4.79 Å². The van der Waals surface area contributed by atoms with Crippen molar-refractivity contribution >= 4 is 29.1 Å². The largest absolute Gasteiger partial charge is 0.489 e. The minimum absolute atomic E-state index is 0.0337. The molecule has 6 nitrogen and oxygen atoms in total. The first-order valence-electron chi connectivity index (χ1n) is 10.5. The molecule has 2 aromatic carbocycles. The van der Waals surface area contributed by atoms with Crippen molar-refractivity contribution < 1.29 is 14.1 Å². The van der Waals surface area contributed by atoms with Gasteiger partial charge in [0, 0.05) is 48.3 Å². The van der Waals surface area contributed by atoms with Gasteiger partial charge in [0.15, 0.2) is 0 Å². The Kier molecular flexibility index (Phi) is 7.04. The van der Waals surface area contributed by atoms with E-state index in [0.717, 1.165) is 42.2 Å². The van der Waals surface area contributed by atoms with Gasteiger partial charge < -0.3 is 14.2 Å². The van der Waals surface area contributed by atoms with Crippen molar-refractivity contribution in [3.05, 3.63) is 80.7 Å². The molecule has 1 aliphatic heterocycles. The van der Waals surface area contributed by atoms with E-state index in [1.54, 1.807) is 6.07 Å². The van der Waals surface area contributed by atoms with Gasteiger partial charge in [0.2, 0.25) is 0 Å². The summed E-state index contributed by atoms with van der Waals surface area (Å²) in [6.07, 6.45) is 0. The van der Waals surface area contributed by atoms with Crippen LogP contribution in [0, 0.1) is 13.8 Å². The van der Waals surface area contributed by atoms with Gasteiger partial charge in [-0.1, -0.05) is 34.4 Å². The third kappa shape index (κ3) is 5.26. The topological polar surface area (TPSA) is 58.8 Å².